The van der Waals surface area contributed by atoms with Crippen molar-refractivity contribution in [3.8, 4) is 0 Å². The first-order valence-electron chi connectivity index (χ1n) is 10.00. The van der Waals surface area contributed by atoms with Crippen molar-refractivity contribution in [3.05, 3.63) is 81.7 Å². The van der Waals surface area contributed by atoms with Crippen LogP contribution in [0.3, 0.4) is 0 Å². The predicted molar refractivity (Wildman–Crippen MR) is 122 cm³/mol. The number of aromatic nitrogens is 2. The molecule has 30 heavy (non-hydrogen) atoms. The fourth-order valence-corrected chi connectivity index (χ4v) is 3.37. The van der Waals surface area contributed by atoms with E-state index in [1.165, 1.54) is 5.56 Å². The van der Waals surface area contributed by atoms with Gasteiger partial charge in [-0.05, 0) is 58.9 Å². The number of rotatable bonds is 4. The highest BCUT2D eigenvalue weighted by atomic mass is 16.1. The van der Waals surface area contributed by atoms with Crippen molar-refractivity contribution in [2.45, 2.75) is 41.2 Å². The lowest BCUT2D eigenvalue weighted by atomic mass is 10.1. The Labute approximate surface area is 178 Å². The van der Waals surface area contributed by atoms with Crippen LogP contribution < -0.4 is 10.6 Å². The highest BCUT2D eigenvalue weighted by molar-refractivity contribution is 6.10. The number of aryl methyl sites for hydroxylation is 5. The van der Waals surface area contributed by atoms with Crippen molar-refractivity contribution < 1.29 is 4.79 Å². The number of carbonyl (C=O) groups excluding carboxylic acids is 1. The van der Waals surface area contributed by atoms with E-state index in [2.05, 4.69) is 20.7 Å². The lowest BCUT2D eigenvalue weighted by Crippen LogP contribution is -2.36. The van der Waals surface area contributed by atoms with E-state index in [4.69, 9.17) is 0 Å². The minimum Gasteiger partial charge on any atom is -0.326 e. The molecule has 0 bridgehead atoms. The van der Waals surface area contributed by atoms with Crippen LogP contribution in [0.2, 0.25) is 0 Å². The Hall–Kier alpha value is -3.41. The van der Waals surface area contributed by atoms with Gasteiger partial charge in [0.05, 0.1) is 12.2 Å². The number of amides is 1. The summed E-state index contributed by atoms with van der Waals surface area (Å²) in [6.07, 6.45) is 0. The molecule has 0 radical (unpaired) electrons. The molecule has 0 unspecified atom stereocenters. The molecule has 0 aliphatic heterocycles. The number of carbonyl (C=O) groups is 1. The SMILES string of the molecule is Cc1ccc(NC(=NCc2c(C)nn(C)c2C)NC(=O)c2cc(C)cc(C)c2)cc1. The Kier molecular flexibility index (Phi) is 6.35. The van der Waals surface area contributed by atoms with Crippen LogP contribution in [0.1, 0.15) is 44.0 Å². The quantitative estimate of drug-likeness (QED) is 0.502. The fourth-order valence-electron chi connectivity index (χ4n) is 3.37. The topological polar surface area (TPSA) is 71.3 Å². The molecule has 2 N–H and O–H groups in total. The standard InChI is InChI=1S/C24H29N5O/c1-15-7-9-21(10-8-15)26-24(25-14-22-18(4)28-29(6)19(22)5)27-23(30)20-12-16(2)11-17(3)13-20/h7-13H,14H2,1-6H3,(H2,25,26,27,30). The largest absolute Gasteiger partial charge is 0.326 e. The maximum absolute atomic E-state index is 12.9. The van der Waals surface area contributed by atoms with Gasteiger partial charge in [-0.15, -0.1) is 0 Å². The van der Waals surface area contributed by atoms with E-state index in [9.17, 15) is 4.79 Å². The van der Waals surface area contributed by atoms with Crippen molar-refractivity contribution in [1.82, 2.24) is 15.1 Å². The summed E-state index contributed by atoms with van der Waals surface area (Å²) in [5.74, 6) is 0.213. The zero-order valence-electron chi connectivity index (χ0n) is 18.5. The summed E-state index contributed by atoms with van der Waals surface area (Å²) in [6.45, 7) is 10.4. The zero-order valence-corrected chi connectivity index (χ0v) is 18.5. The zero-order chi connectivity index (χ0) is 21.8. The van der Waals surface area contributed by atoms with E-state index in [1.54, 1.807) is 0 Å². The number of anilines is 1. The van der Waals surface area contributed by atoms with Crippen LogP contribution in [0.25, 0.3) is 0 Å². The third-order valence-electron chi connectivity index (χ3n) is 5.08. The molecular weight excluding hydrogens is 374 g/mol. The molecule has 1 aromatic heterocycles. The highest BCUT2D eigenvalue weighted by Gasteiger charge is 2.13. The predicted octanol–water partition coefficient (Wildman–Crippen LogP) is 4.36. The number of aliphatic imine (C=N–C) groups is 1. The van der Waals surface area contributed by atoms with Crippen LogP contribution in [0, 0.1) is 34.6 Å². The van der Waals surface area contributed by atoms with Crippen LogP contribution in [0.5, 0.6) is 0 Å². The summed E-state index contributed by atoms with van der Waals surface area (Å²) < 4.78 is 1.85. The van der Waals surface area contributed by atoms with Crippen molar-refractivity contribution in [2.24, 2.45) is 12.0 Å². The molecule has 0 atom stereocenters. The van der Waals surface area contributed by atoms with Crippen LogP contribution in [0.4, 0.5) is 5.69 Å². The van der Waals surface area contributed by atoms with E-state index >= 15 is 0 Å². The number of benzene rings is 2. The van der Waals surface area contributed by atoms with Gasteiger partial charge >= 0.3 is 0 Å². The fraction of sp³-hybridized carbons (Fsp3) is 0.292. The molecule has 0 saturated heterocycles. The summed E-state index contributed by atoms with van der Waals surface area (Å²) in [6, 6.07) is 13.8. The molecule has 0 saturated carbocycles. The molecule has 2 aromatic carbocycles. The van der Waals surface area contributed by atoms with Crippen LogP contribution in [-0.2, 0) is 13.6 Å². The number of hydrogen-bond acceptors (Lipinski definition) is 3. The summed E-state index contributed by atoms with van der Waals surface area (Å²) in [7, 11) is 1.92. The summed E-state index contributed by atoms with van der Waals surface area (Å²) in [4.78, 5) is 17.6. The Balaban J connectivity index is 1.87. The second-order valence-corrected chi connectivity index (χ2v) is 7.76. The Morgan fingerprint density at radius 3 is 2.17 bits per heavy atom. The maximum atomic E-state index is 12.9. The van der Waals surface area contributed by atoms with Gasteiger partial charge in [0.2, 0.25) is 5.96 Å². The van der Waals surface area contributed by atoms with Gasteiger partial charge in [-0.1, -0.05) is 34.9 Å². The van der Waals surface area contributed by atoms with Crippen molar-refractivity contribution in [2.75, 3.05) is 5.32 Å². The molecule has 3 rings (SSSR count). The molecule has 1 amide bonds. The van der Waals surface area contributed by atoms with E-state index < -0.39 is 0 Å². The molecular formula is C24H29N5O. The second-order valence-electron chi connectivity index (χ2n) is 7.76. The van der Waals surface area contributed by atoms with Gasteiger partial charge < -0.3 is 5.32 Å². The van der Waals surface area contributed by atoms with Gasteiger partial charge in [0.1, 0.15) is 0 Å². The summed E-state index contributed by atoms with van der Waals surface area (Å²) >= 11 is 0. The lowest BCUT2D eigenvalue weighted by molar-refractivity contribution is 0.0976. The van der Waals surface area contributed by atoms with Crippen LogP contribution >= 0.6 is 0 Å². The molecule has 6 nitrogen and oxygen atoms in total. The Morgan fingerprint density at radius 1 is 0.967 bits per heavy atom. The molecule has 6 heteroatoms. The number of nitrogens with zero attached hydrogens (tertiary/aromatic N) is 3. The Morgan fingerprint density at radius 2 is 1.60 bits per heavy atom. The first-order valence-corrected chi connectivity index (χ1v) is 10.00. The van der Waals surface area contributed by atoms with Crippen molar-refractivity contribution in [3.63, 3.8) is 0 Å². The first kappa shape index (κ1) is 21.3. The maximum Gasteiger partial charge on any atom is 0.257 e. The number of guanidine groups is 1. The van der Waals surface area contributed by atoms with E-state index in [1.807, 2.05) is 88.8 Å². The van der Waals surface area contributed by atoms with Crippen molar-refractivity contribution in [1.29, 1.82) is 0 Å². The Bertz CT molecular complexity index is 1070. The third-order valence-corrected chi connectivity index (χ3v) is 5.08. The molecule has 3 aromatic rings. The van der Waals surface area contributed by atoms with Gasteiger partial charge in [0.15, 0.2) is 0 Å². The van der Waals surface area contributed by atoms with E-state index in [0.717, 1.165) is 33.8 Å². The lowest BCUT2D eigenvalue weighted by Gasteiger charge is -2.13. The average Bonchev–Trinajstić information content (AvgIpc) is 2.92. The molecule has 0 aliphatic carbocycles. The van der Waals surface area contributed by atoms with Gasteiger partial charge in [-0.3, -0.25) is 14.8 Å². The molecule has 0 spiro atoms. The van der Waals surface area contributed by atoms with Crippen molar-refractivity contribution >= 4 is 17.6 Å². The summed E-state index contributed by atoms with van der Waals surface area (Å²) in [5, 5.41) is 10.6. The summed E-state index contributed by atoms with van der Waals surface area (Å²) in [5.41, 5.74) is 7.79. The smallest absolute Gasteiger partial charge is 0.257 e. The van der Waals surface area contributed by atoms with Gasteiger partial charge in [-0.2, -0.15) is 5.10 Å². The van der Waals surface area contributed by atoms with Crippen LogP contribution in [-0.4, -0.2) is 21.6 Å². The average molecular weight is 404 g/mol. The van der Waals surface area contributed by atoms with Gasteiger partial charge in [0.25, 0.3) is 5.91 Å². The normalized spacial score (nSPS) is 11.5. The highest BCUT2D eigenvalue weighted by Crippen LogP contribution is 2.14. The van der Waals surface area contributed by atoms with E-state index in [-0.39, 0.29) is 5.91 Å². The monoisotopic (exact) mass is 403 g/mol. The molecule has 156 valence electrons. The van der Waals surface area contributed by atoms with Crippen LogP contribution in [0.15, 0.2) is 47.5 Å². The van der Waals surface area contributed by atoms with Gasteiger partial charge in [-0.25, -0.2) is 4.99 Å². The minimum absolute atomic E-state index is 0.195. The number of nitrogens with one attached hydrogen (secondary N) is 2. The first-order chi connectivity index (χ1) is 14.2. The molecule has 0 fully saturated rings. The number of hydrogen-bond donors (Lipinski definition) is 2. The minimum atomic E-state index is -0.195. The van der Waals surface area contributed by atoms with Gasteiger partial charge in [0, 0.05) is 29.6 Å². The molecule has 1 heterocycles. The third kappa shape index (κ3) is 5.14. The molecule has 0 aliphatic rings. The second kappa shape index (κ2) is 8.95. The van der Waals surface area contributed by atoms with E-state index in [0.29, 0.717) is 18.1 Å².